The lowest BCUT2D eigenvalue weighted by Gasteiger charge is -2.10. The molecular formula is C24H24N2O4. The molecular weight excluding hydrogens is 380 g/mol. The first-order valence-corrected chi connectivity index (χ1v) is 9.43. The number of hydrogen-bond donors (Lipinski definition) is 1. The Morgan fingerprint density at radius 1 is 0.967 bits per heavy atom. The Morgan fingerprint density at radius 2 is 1.70 bits per heavy atom. The van der Waals surface area contributed by atoms with Gasteiger partial charge in [-0.3, -0.25) is 9.79 Å². The Labute approximate surface area is 176 Å². The molecule has 3 rings (SSSR count). The van der Waals surface area contributed by atoms with Crippen LogP contribution in [0.25, 0.3) is 0 Å². The second-order valence-corrected chi connectivity index (χ2v) is 6.54. The van der Waals surface area contributed by atoms with Crippen molar-refractivity contribution in [2.24, 2.45) is 4.99 Å². The SMILES string of the molecule is COc1ccc(C)cc1N=Cc1ccc(OCC(=O)Nc2ccccc2OC)cc1. The summed E-state index contributed by atoms with van der Waals surface area (Å²) in [5.41, 5.74) is 3.39. The minimum Gasteiger partial charge on any atom is -0.495 e. The molecule has 0 bridgehead atoms. The number of nitrogens with one attached hydrogen (secondary N) is 1. The van der Waals surface area contributed by atoms with Crippen molar-refractivity contribution in [1.29, 1.82) is 0 Å². The molecule has 0 atom stereocenters. The predicted molar refractivity (Wildman–Crippen MR) is 119 cm³/mol. The molecule has 0 heterocycles. The summed E-state index contributed by atoms with van der Waals surface area (Å²) in [7, 11) is 3.18. The number of anilines is 1. The van der Waals surface area contributed by atoms with Gasteiger partial charge in [-0.15, -0.1) is 0 Å². The number of benzene rings is 3. The number of methoxy groups -OCH3 is 2. The molecule has 1 amide bonds. The van der Waals surface area contributed by atoms with Crippen LogP contribution < -0.4 is 19.5 Å². The third-order valence-corrected chi connectivity index (χ3v) is 4.32. The lowest BCUT2D eigenvalue weighted by Crippen LogP contribution is -2.20. The van der Waals surface area contributed by atoms with Crippen LogP contribution >= 0.6 is 0 Å². The molecule has 6 heteroatoms. The number of carbonyl (C=O) groups is 1. The highest BCUT2D eigenvalue weighted by molar-refractivity contribution is 5.93. The molecule has 0 saturated heterocycles. The molecule has 0 aliphatic rings. The molecule has 0 aliphatic carbocycles. The first-order valence-electron chi connectivity index (χ1n) is 9.43. The van der Waals surface area contributed by atoms with Crippen molar-refractivity contribution in [3.05, 3.63) is 77.9 Å². The van der Waals surface area contributed by atoms with Crippen molar-refractivity contribution >= 4 is 23.5 Å². The fraction of sp³-hybridized carbons (Fsp3) is 0.167. The molecule has 0 fully saturated rings. The second-order valence-electron chi connectivity index (χ2n) is 6.54. The molecule has 0 spiro atoms. The highest BCUT2D eigenvalue weighted by Gasteiger charge is 2.07. The minimum atomic E-state index is -0.267. The van der Waals surface area contributed by atoms with Crippen molar-refractivity contribution in [2.75, 3.05) is 26.1 Å². The van der Waals surface area contributed by atoms with Gasteiger partial charge in [0.2, 0.25) is 0 Å². The average Bonchev–Trinajstić information content (AvgIpc) is 2.77. The minimum absolute atomic E-state index is 0.105. The summed E-state index contributed by atoms with van der Waals surface area (Å²) in [5.74, 6) is 1.64. The second kappa shape index (κ2) is 10.1. The molecule has 6 nitrogen and oxygen atoms in total. The van der Waals surface area contributed by atoms with Crippen LogP contribution in [0.5, 0.6) is 17.2 Å². The van der Waals surface area contributed by atoms with Crippen LogP contribution in [0.2, 0.25) is 0 Å². The van der Waals surface area contributed by atoms with E-state index in [1.54, 1.807) is 44.7 Å². The lowest BCUT2D eigenvalue weighted by molar-refractivity contribution is -0.118. The van der Waals surface area contributed by atoms with Gasteiger partial charge in [0, 0.05) is 6.21 Å². The predicted octanol–water partition coefficient (Wildman–Crippen LogP) is 4.78. The fourth-order valence-electron chi connectivity index (χ4n) is 2.78. The molecule has 0 aliphatic heterocycles. The van der Waals surface area contributed by atoms with Gasteiger partial charge in [0.05, 0.1) is 19.9 Å². The Kier molecular flexibility index (Phi) is 7.05. The number of ether oxygens (including phenoxy) is 3. The third kappa shape index (κ3) is 5.61. The van der Waals surface area contributed by atoms with Gasteiger partial charge < -0.3 is 19.5 Å². The maximum absolute atomic E-state index is 12.1. The molecule has 0 aromatic heterocycles. The maximum Gasteiger partial charge on any atom is 0.262 e. The van der Waals surface area contributed by atoms with Gasteiger partial charge in [-0.1, -0.05) is 18.2 Å². The number of para-hydroxylation sites is 2. The van der Waals surface area contributed by atoms with Crippen LogP contribution in [0.1, 0.15) is 11.1 Å². The van der Waals surface area contributed by atoms with E-state index < -0.39 is 0 Å². The largest absolute Gasteiger partial charge is 0.495 e. The van der Waals surface area contributed by atoms with E-state index in [1.165, 1.54) is 0 Å². The van der Waals surface area contributed by atoms with Gasteiger partial charge >= 0.3 is 0 Å². The van der Waals surface area contributed by atoms with Crippen LogP contribution in [-0.4, -0.2) is 32.9 Å². The Morgan fingerprint density at radius 3 is 2.43 bits per heavy atom. The Bertz CT molecular complexity index is 1030. The first kappa shape index (κ1) is 20.9. The van der Waals surface area contributed by atoms with Gasteiger partial charge in [-0.05, 0) is 66.6 Å². The zero-order chi connectivity index (χ0) is 21.3. The van der Waals surface area contributed by atoms with Crippen LogP contribution in [0, 0.1) is 6.92 Å². The van der Waals surface area contributed by atoms with Gasteiger partial charge in [0.15, 0.2) is 6.61 Å². The molecule has 3 aromatic carbocycles. The Balaban J connectivity index is 1.57. The van der Waals surface area contributed by atoms with Gasteiger partial charge in [0.1, 0.15) is 22.9 Å². The van der Waals surface area contributed by atoms with E-state index in [4.69, 9.17) is 14.2 Å². The summed E-state index contributed by atoms with van der Waals surface area (Å²) < 4.78 is 16.1. The monoisotopic (exact) mass is 404 g/mol. The van der Waals surface area contributed by atoms with E-state index in [9.17, 15) is 4.79 Å². The summed E-state index contributed by atoms with van der Waals surface area (Å²) >= 11 is 0. The van der Waals surface area contributed by atoms with Crippen molar-refractivity contribution in [3.8, 4) is 17.2 Å². The number of amides is 1. The topological polar surface area (TPSA) is 69.2 Å². The summed E-state index contributed by atoms with van der Waals surface area (Å²) in [4.78, 5) is 16.7. The number of aliphatic imine (C=N–C) groups is 1. The van der Waals surface area contributed by atoms with Gasteiger partial charge in [-0.2, -0.15) is 0 Å². The van der Waals surface area contributed by atoms with E-state index >= 15 is 0 Å². The smallest absolute Gasteiger partial charge is 0.262 e. The van der Waals surface area contributed by atoms with Crippen molar-refractivity contribution in [2.45, 2.75) is 6.92 Å². The standard InChI is InChI=1S/C24H24N2O4/c1-17-8-13-23(29-3)21(14-17)25-15-18-9-11-19(12-10-18)30-16-24(27)26-20-6-4-5-7-22(20)28-2/h4-15H,16H2,1-3H3,(H,26,27). The van der Waals surface area contributed by atoms with E-state index in [1.807, 2.05) is 49.4 Å². The maximum atomic E-state index is 12.1. The molecule has 154 valence electrons. The third-order valence-electron chi connectivity index (χ3n) is 4.32. The van der Waals surface area contributed by atoms with Crippen molar-refractivity contribution in [1.82, 2.24) is 0 Å². The zero-order valence-electron chi connectivity index (χ0n) is 17.2. The van der Waals surface area contributed by atoms with E-state index in [0.29, 0.717) is 17.2 Å². The van der Waals surface area contributed by atoms with Crippen molar-refractivity contribution < 1.29 is 19.0 Å². The molecule has 0 saturated carbocycles. The van der Waals surface area contributed by atoms with E-state index in [0.717, 1.165) is 22.6 Å². The van der Waals surface area contributed by atoms with Crippen LogP contribution in [0.15, 0.2) is 71.7 Å². The number of aryl methyl sites for hydroxylation is 1. The molecule has 30 heavy (non-hydrogen) atoms. The molecule has 0 unspecified atom stereocenters. The summed E-state index contributed by atoms with van der Waals surface area (Å²) in [6, 6.07) is 20.4. The number of hydrogen-bond acceptors (Lipinski definition) is 5. The van der Waals surface area contributed by atoms with Crippen molar-refractivity contribution in [3.63, 3.8) is 0 Å². The lowest BCUT2D eigenvalue weighted by atomic mass is 10.2. The summed E-state index contributed by atoms with van der Waals surface area (Å²) in [6.07, 6.45) is 1.76. The molecule has 1 N–H and O–H groups in total. The van der Waals surface area contributed by atoms with Crippen LogP contribution in [0.4, 0.5) is 11.4 Å². The van der Waals surface area contributed by atoms with Crippen LogP contribution in [0.3, 0.4) is 0 Å². The van der Waals surface area contributed by atoms with Gasteiger partial charge in [0.25, 0.3) is 5.91 Å². The zero-order valence-corrected chi connectivity index (χ0v) is 17.2. The van der Waals surface area contributed by atoms with E-state index in [2.05, 4.69) is 10.3 Å². The molecule has 0 radical (unpaired) electrons. The summed E-state index contributed by atoms with van der Waals surface area (Å²) in [6.45, 7) is 1.90. The van der Waals surface area contributed by atoms with E-state index in [-0.39, 0.29) is 12.5 Å². The molecule has 3 aromatic rings. The first-order chi connectivity index (χ1) is 14.6. The summed E-state index contributed by atoms with van der Waals surface area (Å²) in [5, 5.41) is 2.77. The highest BCUT2D eigenvalue weighted by atomic mass is 16.5. The number of carbonyl (C=O) groups excluding carboxylic acids is 1. The Hall–Kier alpha value is -3.80. The van der Waals surface area contributed by atoms with Crippen LogP contribution in [-0.2, 0) is 4.79 Å². The number of rotatable bonds is 8. The van der Waals surface area contributed by atoms with Gasteiger partial charge in [-0.25, -0.2) is 0 Å². The quantitative estimate of drug-likeness (QED) is 0.549. The normalized spacial score (nSPS) is 10.6. The number of nitrogens with zero attached hydrogens (tertiary/aromatic N) is 1. The highest BCUT2D eigenvalue weighted by Crippen LogP contribution is 2.28. The average molecular weight is 404 g/mol. The fourth-order valence-corrected chi connectivity index (χ4v) is 2.78.